The molecule has 0 unspecified atom stereocenters. The number of phenolic OH excluding ortho intramolecular Hbond substituents is 1. The molecule has 2 aliphatic rings. The lowest BCUT2D eigenvalue weighted by atomic mass is 9.74. The Kier molecular flexibility index (Phi) is 1.52. The molecule has 1 aromatic rings. The number of anilines is 2. The van der Waals surface area contributed by atoms with Crippen LogP contribution in [0.4, 0.5) is 11.4 Å². The quantitative estimate of drug-likeness (QED) is 0.563. The summed E-state index contributed by atoms with van der Waals surface area (Å²) in [6.07, 6.45) is 2.82. The van der Waals surface area contributed by atoms with E-state index in [0.717, 1.165) is 24.9 Å². The van der Waals surface area contributed by atoms with E-state index in [2.05, 4.69) is 10.6 Å². The Hall–Kier alpha value is -1.71. The van der Waals surface area contributed by atoms with Gasteiger partial charge < -0.3 is 15.7 Å². The Bertz CT molecular complexity index is 438. The first-order valence-corrected chi connectivity index (χ1v) is 5.13. The molecule has 15 heavy (non-hydrogen) atoms. The van der Waals surface area contributed by atoms with Gasteiger partial charge in [-0.15, -0.1) is 0 Å². The van der Waals surface area contributed by atoms with E-state index in [-0.39, 0.29) is 11.7 Å². The molecule has 1 fully saturated rings. The van der Waals surface area contributed by atoms with Crippen LogP contribution in [-0.2, 0) is 4.79 Å². The summed E-state index contributed by atoms with van der Waals surface area (Å²) in [6, 6.07) is 5.21. The van der Waals surface area contributed by atoms with Gasteiger partial charge in [-0.05, 0) is 31.4 Å². The summed E-state index contributed by atoms with van der Waals surface area (Å²) in [5, 5.41) is 15.6. The predicted molar refractivity (Wildman–Crippen MR) is 56.9 cm³/mol. The maximum absolute atomic E-state index is 11.8. The maximum Gasteiger partial charge on any atom is 0.250 e. The molecular formula is C11H12N2O2. The second-order valence-corrected chi connectivity index (χ2v) is 4.21. The number of carbonyl (C=O) groups excluding carboxylic acids is 1. The van der Waals surface area contributed by atoms with Crippen LogP contribution >= 0.6 is 0 Å². The normalized spacial score (nSPS) is 21.2. The number of hydrogen-bond donors (Lipinski definition) is 3. The molecule has 3 rings (SSSR count). The van der Waals surface area contributed by atoms with Crippen LogP contribution in [0.15, 0.2) is 18.2 Å². The second kappa shape index (κ2) is 2.66. The molecule has 0 bridgehead atoms. The van der Waals surface area contributed by atoms with Gasteiger partial charge in [0.15, 0.2) is 0 Å². The number of aromatic hydroxyl groups is 1. The summed E-state index contributed by atoms with van der Waals surface area (Å²) in [7, 11) is 0. The first-order chi connectivity index (χ1) is 7.21. The highest BCUT2D eigenvalue weighted by atomic mass is 16.3. The van der Waals surface area contributed by atoms with Crippen LogP contribution in [0.25, 0.3) is 0 Å². The number of fused-ring (bicyclic) bond motifs is 1. The molecule has 1 spiro atoms. The van der Waals surface area contributed by atoms with Gasteiger partial charge in [-0.2, -0.15) is 0 Å². The van der Waals surface area contributed by atoms with Crippen LogP contribution in [0.1, 0.15) is 19.3 Å². The van der Waals surface area contributed by atoms with Crippen molar-refractivity contribution in [1.29, 1.82) is 0 Å². The first kappa shape index (κ1) is 8.59. The molecule has 3 N–H and O–H groups in total. The van der Waals surface area contributed by atoms with Gasteiger partial charge in [-0.25, -0.2) is 0 Å². The van der Waals surface area contributed by atoms with Crippen molar-refractivity contribution in [3.63, 3.8) is 0 Å². The minimum Gasteiger partial charge on any atom is -0.506 e. The van der Waals surface area contributed by atoms with E-state index < -0.39 is 5.54 Å². The van der Waals surface area contributed by atoms with E-state index in [9.17, 15) is 9.90 Å². The fourth-order valence-corrected chi connectivity index (χ4v) is 2.21. The summed E-state index contributed by atoms with van der Waals surface area (Å²) in [4.78, 5) is 11.8. The molecule has 1 saturated carbocycles. The molecule has 78 valence electrons. The minimum absolute atomic E-state index is 0.0252. The zero-order chi connectivity index (χ0) is 10.5. The topological polar surface area (TPSA) is 61.4 Å². The molecule has 0 saturated heterocycles. The van der Waals surface area contributed by atoms with Gasteiger partial charge >= 0.3 is 0 Å². The van der Waals surface area contributed by atoms with Crippen molar-refractivity contribution in [3.8, 4) is 5.75 Å². The average molecular weight is 204 g/mol. The number of nitrogens with one attached hydrogen (secondary N) is 2. The lowest BCUT2D eigenvalue weighted by molar-refractivity contribution is -0.123. The zero-order valence-electron chi connectivity index (χ0n) is 8.21. The second-order valence-electron chi connectivity index (χ2n) is 4.21. The zero-order valence-corrected chi connectivity index (χ0v) is 8.21. The van der Waals surface area contributed by atoms with Crippen molar-refractivity contribution in [3.05, 3.63) is 18.2 Å². The molecule has 0 aromatic heterocycles. The van der Waals surface area contributed by atoms with Crippen molar-refractivity contribution in [1.82, 2.24) is 0 Å². The van der Waals surface area contributed by atoms with Crippen LogP contribution in [-0.4, -0.2) is 16.6 Å². The third-order valence-electron chi connectivity index (χ3n) is 3.30. The molecule has 1 heterocycles. The van der Waals surface area contributed by atoms with Crippen molar-refractivity contribution in [2.45, 2.75) is 24.8 Å². The molecule has 1 amide bonds. The fourth-order valence-electron chi connectivity index (χ4n) is 2.21. The van der Waals surface area contributed by atoms with E-state index >= 15 is 0 Å². The molecule has 4 nitrogen and oxygen atoms in total. The smallest absolute Gasteiger partial charge is 0.250 e. The van der Waals surface area contributed by atoms with Crippen molar-refractivity contribution in [2.75, 3.05) is 10.6 Å². The van der Waals surface area contributed by atoms with Crippen molar-refractivity contribution in [2.24, 2.45) is 0 Å². The lowest BCUT2D eigenvalue weighted by Crippen LogP contribution is -2.57. The summed E-state index contributed by atoms with van der Waals surface area (Å²) in [5.74, 6) is 0.0882. The number of benzene rings is 1. The highest BCUT2D eigenvalue weighted by Gasteiger charge is 2.47. The van der Waals surface area contributed by atoms with Crippen molar-refractivity contribution < 1.29 is 9.90 Å². The van der Waals surface area contributed by atoms with Crippen LogP contribution in [0.3, 0.4) is 0 Å². The minimum atomic E-state index is -0.416. The van der Waals surface area contributed by atoms with Crippen molar-refractivity contribution >= 4 is 17.3 Å². The summed E-state index contributed by atoms with van der Waals surface area (Å²) < 4.78 is 0. The van der Waals surface area contributed by atoms with Gasteiger partial charge in [0.2, 0.25) is 5.91 Å². The third kappa shape index (κ3) is 1.04. The molecule has 0 radical (unpaired) electrons. The SMILES string of the molecule is O=C1Nc2c(O)cccc2NC12CCC2. The third-order valence-corrected chi connectivity index (χ3v) is 3.30. The summed E-state index contributed by atoms with van der Waals surface area (Å²) in [6.45, 7) is 0. The maximum atomic E-state index is 11.8. The Morgan fingerprint density at radius 2 is 2.13 bits per heavy atom. The number of hydrogen-bond acceptors (Lipinski definition) is 3. The molecule has 1 aromatic carbocycles. The van der Waals surface area contributed by atoms with Gasteiger partial charge in [0, 0.05) is 0 Å². The number of phenols is 1. The van der Waals surface area contributed by atoms with E-state index in [1.807, 2.05) is 6.07 Å². The number of amides is 1. The van der Waals surface area contributed by atoms with Gasteiger partial charge in [0.25, 0.3) is 0 Å². The van der Waals surface area contributed by atoms with Gasteiger partial charge in [-0.1, -0.05) is 6.07 Å². The first-order valence-electron chi connectivity index (χ1n) is 5.13. The Labute approximate surface area is 87.3 Å². The van der Waals surface area contributed by atoms with Crippen LogP contribution in [0.5, 0.6) is 5.75 Å². The van der Waals surface area contributed by atoms with E-state index in [1.165, 1.54) is 0 Å². The van der Waals surface area contributed by atoms with Crippen LogP contribution < -0.4 is 10.6 Å². The number of carbonyl (C=O) groups is 1. The monoisotopic (exact) mass is 204 g/mol. The van der Waals surface area contributed by atoms with E-state index in [1.54, 1.807) is 12.1 Å². The van der Waals surface area contributed by atoms with Gasteiger partial charge in [0.1, 0.15) is 17.0 Å². The molecular weight excluding hydrogens is 192 g/mol. The predicted octanol–water partition coefficient (Wildman–Crippen LogP) is 1.68. The average Bonchev–Trinajstić information content (AvgIpc) is 2.16. The molecule has 1 aliphatic carbocycles. The molecule has 1 aliphatic heterocycles. The van der Waals surface area contributed by atoms with Gasteiger partial charge in [-0.3, -0.25) is 4.79 Å². The summed E-state index contributed by atoms with van der Waals surface area (Å²) >= 11 is 0. The standard InChI is InChI=1S/C11H12N2O2/c14-8-4-1-3-7-9(8)12-10(15)11(13-7)5-2-6-11/h1,3-4,13-14H,2,5-6H2,(H,12,15). The van der Waals surface area contributed by atoms with E-state index in [4.69, 9.17) is 0 Å². The molecule has 0 atom stereocenters. The van der Waals surface area contributed by atoms with E-state index in [0.29, 0.717) is 5.69 Å². The van der Waals surface area contributed by atoms with Crippen LogP contribution in [0.2, 0.25) is 0 Å². The lowest BCUT2D eigenvalue weighted by Gasteiger charge is -2.44. The highest BCUT2D eigenvalue weighted by molar-refractivity contribution is 6.07. The summed E-state index contributed by atoms with van der Waals surface area (Å²) in [5.41, 5.74) is 0.898. The largest absolute Gasteiger partial charge is 0.506 e. The Balaban J connectivity index is 2.06. The fraction of sp³-hybridized carbons (Fsp3) is 0.364. The van der Waals surface area contributed by atoms with Crippen LogP contribution in [0, 0.1) is 0 Å². The Morgan fingerprint density at radius 1 is 1.33 bits per heavy atom. The Morgan fingerprint density at radius 3 is 2.80 bits per heavy atom. The highest BCUT2D eigenvalue weighted by Crippen LogP contribution is 2.44. The van der Waals surface area contributed by atoms with Gasteiger partial charge in [0.05, 0.1) is 5.69 Å². The molecule has 4 heteroatoms. The number of rotatable bonds is 0. The number of para-hydroxylation sites is 1.